The third-order valence-electron chi connectivity index (χ3n) is 4.37. The van der Waals surface area contributed by atoms with Crippen LogP contribution in [0.25, 0.3) is 5.69 Å². The van der Waals surface area contributed by atoms with Gasteiger partial charge < -0.3 is 0 Å². The van der Waals surface area contributed by atoms with E-state index in [4.69, 9.17) is 0 Å². The van der Waals surface area contributed by atoms with Crippen molar-refractivity contribution in [3.05, 3.63) is 103 Å². The lowest BCUT2D eigenvalue weighted by molar-refractivity contribution is 0.834. The number of nitrogens with zero attached hydrogens (tertiary/aromatic N) is 2. The quantitative estimate of drug-likeness (QED) is 0.316. The molecule has 0 radical (unpaired) electrons. The predicted molar refractivity (Wildman–Crippen MR) is 102 cm³/mol. The molecule has 0 amide bonds. The van der Waals surface area contributed by atoms with Gasteiger partial charge in [-0.05, 0) is 22.5 Å². The third-order valence-corrected chi connectivity index (χ3v) is 7.79. The van der Waals surface area contributed by atoms with Crippen molar-refractivity contribution in [3.8, 4) is 5.69 Å². The monoisotopic (exact) mass is 344 g/mol. The molecule has 0 aliphatic rings. The van der Waals surface area contributed by atoms with E-state index in [9.17, 15) is 0 Å². The zero-order valence-electron chi connectivity index (χ0n) is 13.6. The summed E-state index contributed by atoms with van der Waals surface area (Å²) in [5.41, 5.74) is 0.786. The Bertz CT molecular complexity index is 914. The third kappa shape index (κ3) is 2.70. The molecule has 0 atom stereocenters. The molecule has 0 saturated carbocycles. The first-order chi connectivity index (χ1) is 12.3. The van der Waals surface area contributed by atoms with Crippen molar-refractivity contribution in [2.45, 2.75) is 0 Å². The summed E-state index contributed by atoms with van der Waals surface area (Å²) in [6.45, 7) is 0. The Balaban J connectivity index is 2.01. The average Bonchev–Trinajstić information content (AvgIpc) is 3.23. The minimum absolute atomic E-state index is 0.705. The summed E-state index contributed by atoms with van der Waals surface area (Å²) in [7, 11) is -3.64. The maximum absolute atomic E-state index is 16.9. The Hall–Kier alpha value is -2.98. The van der Waals surface area contributed by atoms with E-state index in [1.54, 1.807) is 10.9 Å². The molecule has 0 spiro atoms. The summed E-state index contributed by atoms with van der Waals surface area (Å²) in [5.74, 6) is 0. The molecule has 0 N–H and O–H groups in total. The Morgan fingerprint density at radius 3 is 1.80 bits per heavy atom. The molecule has 0 unspecified atom stereocenters. The largest absolute Gasteiger partial charge is 0.341 e. The molecule has 0 fully saturated rings. The Kier molecular flexibility index (Phi) is 4.03. The van der Waals surface area contributed by atoms with Gasteiger partial charge in [-0.3, -0.25) is 4.11 Å². The van der Waals surface area contributed by atoms with E-state index in [2.05, 4.69) is 5.10 Å². The molecular formula is C21H17FN2Si. The molecule has 0 bridgehead atoms. The lowest BCUT2D eigenvalue weighted by atomic mass is 10.3. The first-order valence-corrected chi connectivity index (χ1v) is 10.1. The fourth-order valence-corrected chi connectivity index (χ4v) is 6.32. The van der Waals surface area contributed by atoms with Gasteiger partial charge >= 0.3 is 8.41 Å². The van der Waals surface area contributed by atoms with Crippen LogP contribution in [-0.2, 0) is 0 Å². The number of aromatic nitrogens is 2. The second kappa shape index (κ2) is 6.49. The smallest absolute Gasteiger partial charge is 0.296 e. The van der Waals surface area contributed by atoms with E-state index in [1.807, 2.05) is 97.2 Å². The van der Waals surface area contributed by atoms with Crippen molar-refractivity contribution in [1.29, 1.82) is 0 Å². The average molecular weight is 344 g/mol. The van der Waals surface area contributed by atoms with Crippen molar-refractivity contribution in [1.82, 2.24) is 9.78 Å². The number of benzene rings is 3. The molecule has 0 aliphatic heterocycles. The SMILES string of the molecule is F[Si](c1ccccc1)(c1ccccc1)c1ccccc1-n1cccn1. The topological polar surface area (TPSA) is 17.8 Å². The van der Waals surface area contributed by atoms with E-state index in [1.165, 1.54) is 0 Å². The summed E-state index contributed by atoms with van der Waals surface area (Å²) in [6.07, 6.45) is 3.56. The lowest BCUT2D eigenvalue weighted by Gasteiger charge is -2.26. The minimum atomic E-state index is -3.64. The lowest BCUT2D eigenvalue weighted by Crippen LogP contribution is -2.64. The van der Waals surface area contributed by atoms with Gasteiger partial charge in [0, 0.05) is 17.6 Å². The van der Waals surface area contributed by atoms with Crippen molar-refractivity contribution in [2.75, 3.05) is 0 Å². The zero-order valence-corrected chi connectivity index (χ0v) is 14.6. The van der Waals surface area contributed by atoms with Gasteiger partial charge in [-0.15, -0.1) is 0 Å². The number of hydrogen-bond acceptors (Lipinski definition) is 1. The van der Waals surface area contributed by atoms with Gasteiger partial charge in [0.25, 0.3) is 0 Å². The van der Waals surface area contributed by atoms with Crippen LogP contribution in [0.4, 0.5) is 4.11 Å². The van der Waals surface area contributed by atoms with Crippen molar-refractivity contribution in [3.63, 3.8) is 0 Å². The van der Waals surface area contributed by atoms with Crippen LogP contribution in [0, 0.1) is 0 Å². The van der Waals surface area contributed by atoms with Crippen molar-refractivity contribution >= 4 is 24.0 Å². The number of halogens is 1. The van der Waals surface area contributed by atoms with Gasteiger partial charge in [0.05, 0.1) is 5.69 Å². The molecule has 4 heteroatoms. The maximum Gasteiger partial charge on any atom is 0.341 e. The van der Waals surface area contributed by atoms with Gasteiger partial charge in [0.2, 0.25) is 0 Å². The second-order valence-corrected chi connectivity index (χ2v) is 8.87. The van der Waals surface area contributed by atoms with E-state index in [0.29, 0.717) is 5.19 Å². The van der Waals surface area contributed by atoms with Crippen LogP contribution in [0.15, 0.2) is 103 Å². The summed E-state index contributed by atoms with van der Waals surface area (Å²) in [6, 6.07) is 28.5. The first-order valence-electron chi connectivity index (χ1n) is 8.19. The van der Waals surface area contributed by atoms with Crippen molar-refractivity contribution < 1.29 is 4.11 Å². The molecule has 4 rings (SSSR count). The fraction of sp³-hybridized carbons (Fsp3) is 0. The summed E-state index contributed by atoms with van der Waals surface area (Å²) >= 11 is 0. The Labute approximate surface area is 147 Å². The molecule has 1 heterocycles. The molecule has 2 nitrogen and oxygen atoms in total. The van der Waals surface area contributed by atoms with E-state index in [0.717, 1.165) is 16.1 Å². The van der Waals surface area contributed by atoms with Crippen LogP contribution in [0.5, 0.6) is 0 Å². The van der Waals surface area contributed by atoms with Gasteiger partial charge in [0.1, 0.15) is 0 Å². The van der Waals surface area contributed by atoms with Gasteiger partial charge in [0.15, 0.2) is 0 Å². The number of hydrogen-bond donors (Lipinski definition) is 0. The molecule has 0 aliphatic carbocycles. The van der Waals surface area contributed by atoms with E-state index < -0.39 is 8.41 Å². The van der Waals surface area contributed by atoms with Gasteiger partial charge in [-0.25, -0.2) is 4.68 Å². The second-order valence-electron chi connectivity index (χ2n) is 5.86. The molecular weight excluding hydrogens is 327 g/mol. The first kappa shape index (κ1) is 15.5. The van der Waals surface area contributed by atoms with Crippen LogP contribution < -0.4 is 15.6 Å². The molecule has 4 aromatic rings. The summed E-state index contributed by atoms with van der Waals surface area (Å²) in [5, 5.41) is 6.50. The normalized spacial score (nSPS) is 11.4. The number of para-hydroxylation sites is 1. The molecule has 1 aromatic heterocycles. The molecule has 0 saturated heterocycles. The minimum Gasteiger partial charge on any atom is -0.296 e. The number of rotatable bonds is 4. The maximum atomic E-state index is 16.9. The van der Waals surface area contributed by atoms with E-state index in [-0.39, 0.29) is 0 Å². The molecule has 122 valence electrons. The summed E-state index contributed by atoms with van der Waals surface area (Å²) < 4.78 is 18.7. The van der Waals surface area contributed by atoms with Crippen LogP contribution in [0.2, 0.25) is 0 Å². The summed E-state index contributed by atoms with van der Waals surface area (Å²) in [4.78, 5) is 0. The highest BCUT2D eigenvalue weighted by molar-refractivity contribution is 7.07. The Morgan fingerprint density at radius 1 is 0.680 bits per heavy atom. The standard InChI is InChI=1S/C21H17FN2Si/c22-25(18-10-3-1-4-11-18,19-12-5-2-6-13-19)21-15-8-7-14-20(21)24-17-9-16-23-24/h1-17H. The van der Waals surface area contributed by atoms with Crippen molar-refractivity contribution in [2.24, 2.45) is 0 Å². The highest BCUT2D eigenvalue weighted by atomic mass is 28.4. The Morgan fingerprint density at radius 2 is 1.24 bits per heavy atom. The van der Waals surface area contributed by atoms with Crippen LogP contribution in [-0.4, -0.2) is 18.2 Å². The van der Waals surface area contributed by atoms with Crippen LogP contribution >= 0.6 is 0 Å². The van der Waals surface area contributed by atoms with Crippen LogP contribution in [0.3, 0.4) is 0 Å². The fourth-order valence-electron chi connectivity index (χ4n) is 3.19. The van der Waals surface area contributed by atoms with Crippen LogP contribution in [0.1, 0.15) is 0 Å². The molecule has 3 aromatic carbocycles. The molecule has 25 heavy (non-hydrogen) atoms. The highest BCUT2D eigenvalue weighted by Crippen LogP contribution is 2.14. The highest BCUT2D eigenvalue weighted by Gasteiger charge is 2.43. The predicted octanol–water partition coefficient (Wildman–Crippen LogP) is 2.81. The zero-order chi connectivity index (χ0) is 17.1. The van der Waals surface area contributed by atoms with Gasteiger partial charge in [-0.2, -0.15) is 5.10 Å². The van der Waals surface area contributed by atoms with E-state index >= 15 is 4.11 Å². The van der Waals surface area contributed by atoms with Gasteiger partial charge in [-0.1, -0.05) is 78.9 Å².